The number of hydrogen-bond acceptors (Lipinski definition) is 3. The first-order valence-corrected chi connectivity index (χ1v) is 11.9. The minimum Gasteiger partial charge on any atom is -0.381 e. The highest BCUT2D eigenvalue weighted by molar-refractivity contribution is 5.84. The third kappa shape index (κ3) is 4.36. The molecule has 0 spiro atoms. The van der Waals surface area contributed by atoms with Crippen molar-refractivity contribution in [2.45, 2.75) is 65.0 Å². The van der Waals surface area contributed by atoms with Gasteiger partial charge in [0.1, 0.15) is 0 Å². The van der Waals surface area contributed by atoms with Crippen molar-refractivity contribution in [3.63, 3.8) is 0 Å². The van der Waals surface area contributed by atoms with Crippen molar-refractivity contribution in [3.8, 4) is 0 Å². The number of nitrogens with one attached hydrogen (secondary N) is 1. The van der Waals surface area contributed by atoms with Crippen LogP contribution in [0.4, 0.5) is 0 Å². The van der Waals surface area contributed by atoms with Gasteiger partial charge >= 0.3 is 0 Å². The van der Waals surface area contributed by atoms with Gasteiger partial charge in [0.25, 0.3) is 0 Å². The number of rotatable bonds is 5. The van der Waals surface area contributed by atoms with Crippen LogP contribution in [-0.4, -0.2) is 49.2 Å². The van der Waals surface area contributed by atoms with Gasteiger partial charge in [-0.25, -0.2) is 0 Å². The average molecular weight is 411 g/mol. The smallest absolute Gasteiger partial charge is 0.229 e. The fourth-order valence-electron chi connectivity index (χ4n) is 5.70. The molecule has 0 bridgehead atoms. The van der Waals surface area contributed by atoms with Crippen LogP contribution in [0.15, 0.2) is 36.4 Å². The summed E-state index contributed by atoms with van der Waals surface area (Å²) >= 11 is 0. The number of amides is 1. The summed E-state index contributed by atoms with van der Waals surface area (Å²) in [6.45, 7) is 10.0. The largest absolute Gasteiger partial charge is 0.381 e. The first-order valence-electron chi connectivity index (χ1n) is 11.9. The predicted octanol–water partition coefficient (Wildman–Crippen LogP) is 4.51. The molecule has 4 atom stereocenters. The van der Waals surface area contributed by atoms with E-state index < -0.39 is 0 Å². The van der Waals surface area contributed by atoms with E-state index in [-0.39, 0.29) is 5.41 Å². The lowest BCUT2D eigenvalue weighted by molar-refractivity contribution is -0.144. The van der Waals surface area contributed by atoms with E-state index in [4.69, 9.17) is 4.74 Å². The Hall–Kier alpha value is -1.65. The third-order valence-electron chi connectivity index (χ3n) is 7.81. The van der Waals surface area contributed by atoms with Crippen molar-refractivity contribution in [2.75, 3.05) is 26.3 Å². The standard InChI is InChI=1S/C26H38N2O2/c1-19(2)26(13-9-23(17-26)27-24-12-16-30-18-20(24)3)25(29)28-14-10-22(11-15-28)21-7-5-4-6-8-21/h4-8,10,19-20,23-24,27H,9,11-18H2,1-3H3/t20?,23-,24?,26?/m1/s1. The molecule has 0 radical (unpaired) electrons. The molecule has 1 saturated carbocycles. The second-order valence-electron chi connectivity index (χ2n) is 9.96. The second kappa shape index (κ2) is 9.23. The Kier molecular flexibility index (Phi) is 6.64. The van der Waals surface area contributed by atoms with Gasteiger partial charge in [-0.3, -0.25) is 4.79 Å². The Balaban J connectivity index is 1.42. The summed E-state index contributed by atoms with van der Waals surface area (Å²) in [4.78, 5) is 15.9. The molecule has 4 rings (SSSR count). The molecule has 1 aliphatic carbocycles. The fraction of sp³-hybridized carbons (Fsp3) is 0.654. The fourth-order valence-corrected chi connectivity index (χ4v) is 5.70. The highest BCUT2D eigenvalue weighted by atomic mass is 16.5. The molecule has 3 unspecified atom stereocenters. The number of benzene rings is 1. The molecular weight excluding hydrogens is 372 g/mol. The second-order valence-corrected chi connectivity index (χ2v) is 9.96. The Morgan fingerprint density at radius 1 is 1.23 bits per heavy atom. The van der Waals surface area contributed by atoms with Crippen LogP contribution in [0.3, 0.4) is 0 Å². The van der Waals surface area contributed by atoms with E-state index in [1.165, 1.54) is 11.1 Å². The SMILES string of the molecule is CC1COCCC1N[C@@H]1CCC(C(=O)N2CC=C(c3ccccc3)CC2)(C(C)C)C1. The van der Waals surface area contributed by atoms with Crippen LogP contribution in [0.1, 0.15) is 58.4 Å². The zero-order valence-corrected chi connectivity index (χ0v) is 18.9. The highest BCUT2D eigenvalue weighted by Crippen LogP contribution is 2.46. The van der Waals surface area contributed by atoms with E-state index in [2.05, 4.69) is 67.4 Å². The number of carbonyl (C=O) groups excluding carboxylic acids is 1. The van der Waals surface area contributed by atoms with Crippen LogP contribution < -0.4 is 5.32 Å². The summed E-state index contributed by atoms with van der Waals surface area (Å²) in [5.74, 6) is 1.29. The maximum Gasteiger partial charge on any atom is 0.229 e. The van der Waals surface area contributed by atoms with E-state index in [0.717, 1.165) is 58.4 Å². The van der Waals surface area contributed by atoms with Crippen molar-refractivity contribution in [3.05, 3.63) is 42.0 Å². The lowest BCUT2D eigenvalue weighted by Gasteiger charge is -2.39. The van der Waals surface area contributed by atoms with E-state index in [1.807, 2.05) is 0 Å². The van der Waals surface area contributed by atoms with Crippen molar-refractivity contribution < 1.29 is 9.53 Å². The zero-order valence-electron chi connectivity index (χ0n) is 18.9. The van der Waals surface area contributed by atoms with E-state index in [9.17, 15) is 4.79 Å². The Morgan fingerprint density at radius 2 is 2.03 bits per heavy atom. The highest BCUT2D eigenvalue weighted by Gasteiger charge is 2.49. The number of ether oxygens (including phenoxy) is 1. The predicted molar refractivity (Wildman–Crippen MR) is 122 cm³/mol. The van der Waals surface area contributed by atoms with Gasteiger partial charge < -0.3 is 15.0 Å². The average Bonchev–Trinajstić information content (AvgIpc) is 3.21. The van der Waals surface area contributed by atoms with Crippen molar-refractivity contribution in [1.29, 1.82) is 0 Å². The van der Waals surface area contributed by atoms with Gasteiger partial charge in [0.05, 0.1) is 12.0 Å². The van der Waals surface area contributed by atoms with Gasteiger partial charge in [0, 0.05) is 31.8 Å². The summed E-state index contributed by atoms with van der Waals surface area (Å²) in [5.41, 5.74) is 2.45. The molecular formula is C26H38N2O2. The van der Waals surface area contributed by atoms with E-state index in [1.54, 1.807) is 0 Å². The maximum absolute atomic E-state index is 13.8. The Labute approximate surface area is 182 Å². The molecule has 1 aromatic carbocycles. The number of hydrogen-bond donors (Lipinski definition) is 1. The van der Waals surface area contributed by atoms with Crippen molar-refractivity contribution in [2.24, 2.45) is 17.3 Å². The molecule has 2 fully saturated rings. The third-order valence-corrected chi connectivity index (χ3v) is 7.81. The summed E-state index contributed by atoms with van der Waals surface area (Å²) in [6, 6.07) is 11.5. The van der Waals surface area contributed by atoms with Gasteiger partial charge in [-0.2, -0.15) is 0 Å². The van der Waals surface area contributed by atoms with E-state index in [0.29, 0.717) is 29.8 Å². The van der Waals surface area contributed by atoms with Gasteiger partial charge in [-0.05, 0) is 55.1 Å². The van der Waals surface area contributed by atoms with Crippen LogP contribution in [0.5, 0.6) is 0 Å². The first-order chi connectivity index (χ1) is 14.5. The molecule has 3 aliphatic rings. The molecule has 1 N–H and O–H groups in total. The summed E-state index contributed by atoms with van der Waals surface area (Å²) in [5, 5.41) is 3.90. The molecule has 0 aromatic heterocycles. The van der Waals surface area contributed by atoms with Crippen LogP contribution >= 0.6 is 0 Å². The lowest BCUT2D eigenvalue weighted by Crippen LogP contribution is -2.49. The summed E-state index contributed by atoms with van der Waals surface area (Å²) < 4.78 is 5.61. The van der Waals surface area contributed by atoms with Crippen LogP contribution in [-0.2, 0) is 9.53 Å². The van der Waals surface area contributed by atoms with Gasteiger partial charge in [-0.1, -0.05) is 57.2 Å². The van der Waals surface area contributed by atoms with Gasteiger partial charge in [-0.15, -0.1) is 0 Å². The molecule has 4 heteroatoms. The molecule has 1 aromatic rings. The van der Waals surface area contributed by atoms with Crippen molar-refractivity contribution in [1.82, 2.24) is 10.2 Å². The quantitative estimate of drug-likeness (QED) is 0.776. The lowest BCUT2D eigenvalue weighted by atomic mass is 9.74. The molecule has 30 heavy (non-hydrogen) atoms. The number of carbonyl (C=O) groups is 1. The minimum absolute atomic E-state index is 0.218. The van der Waals surface area contributed by atoms with Crippen LogP contribution in [0.2, 0.25) is 0 Å². The monoisotopic (exact) mass is 410 g/mol. The van der Waals surface area contributed by atoms with Gasteiger partial charge in [0.2, 0.25) is 5.91 Å². The van der Waals surface area contributed by atoms with Crippen LogP contribution in [0.25, 0.3) is 5.57 Å². The topological polar surface area (TPSA) is 41.6 Å². The molecule has 1 amide bonds. The first kappa shape index (κ1) is 21.6. The minimum atomic E-state index is -0.218. The normalized spacial score (nSPS) is 32.3. The molecule has 2 heterocycles. The number of nitrogens with zero attached hydrogens (tertiary/aromatic N) is 1. The molecule has 2 aliphatic heterocycles. The zero-order chi connectivity index (χ0) is 21.1. The molecule has 1 saturated heterocycles. The molecule has 164 valence electrons. The van der Waals surface area contributed by atoms with Crippen molar-refractivity contribution >= 4 is 11.5 Å². The van der Waals surface area contributed by atoms with E-state index >= 15 is 0 Å². The summed E-state index contributed by atoms with van der Waals surface area (Å²) in [7, 11) is 0. The Morgan fingerprint density at radius 3 is 2.70 bits per heavy atom. The molecule has 4 nitrogen and oxygen atoms in total. The summed E-state index contributed by atoms with van der Waals surface area (Å²) in [6.07, 6.45) is 7.38. The maximum atomic E-state index is 13.8. The van der Waals surface area contributed by atoms with Crippen LogP contribution in [0, 0.1) is 17.3 Å². The van der Waals surface area contributed by atoms with Gasteiger partial charge in [0.15, 0.2) is 0 Å². The Bertz CT molecular complexity index is 760.